The quantitative estimate of drug-likeness (QED) is 0.629. The van der Waals surface area contributed by atoms with Crippen molar-refractivity contribution in [3.8, 4) is 5.75 Å². The third-order valence-electron chi connectivity index (χ3n) is 1.71. The molecular formula is C9H11NO3. The van der Waals surface area contributed by atoms with E-state index < -0.39 is 12.0 Å². The van der Waals surface area contributed by atoms with Crippen LogP contribution in [0.3, 0.4) is 0 Å². The molecule has 1 aromatic carbocycles. The number of hydrogen-bond acceptors (Lipinski definition) is 3. The SMILES string of the molecule is NC(Cc1ccc(O)[13cH]c1)C(=O)O. The fourth-order valence-corrected chi connectivity index (χ4v) is 0.973. The molecule has 70 valence electrons. The first-order valence-corrected chi connectivity index (χ1v) is 3.86. The van der Waals surface area contributed by atoms with Crippen LogP contribution in [-0.4, -0.2) is 22.2 Å². The Morgan fingerprint density at radius 3 is 2.38 bits per heavy atom. The number of aromatic hydroxyl groups is 1. The Hall–Kier alpha value is -1.55. The van der Waals surface area contributed by atoms with Crippen molar-refractivity contribution in [2.45, 2.75) is 12.5 Å². The lowest BCUT2D eigenvalue weighted by Crippen LogP contribution is -2.32. The molecule has 0 aliphatic rings. The summed E-state index contributed by atoms with van der Waals surface area (Å²) in [6.07, 6.45) is 0.273. The highest BCUT2D eigenvalue weighted by Crippen LogP contribution is 2.10. The molecule has 0 amide bonds. The number of carboxylic acids is 1. The Morgan fingerprint density at radius 1 is 1.38 bits per heavy atom. The summed E-state index contributed by atoms with van der Waals surface area (Å²) in [4.78, 5) is 10.4. The molecule has 4 heteroatoms. The van der Waals surface area contributed by atoms with Gasteiger partial charge >= 0.3 is 5.97 Å². The minimum atomic E-state index is -1.02. The van der Waals surface area contributed by atoms with Crippen LogP contribution in [-0.2, 0) is 11.2 Å². The van der Waals surface area contributed by atoms with Gasteiger partial charge in [-0.2, -0.15) is 0 Å². The lowest BCUT2D eigenvalue weighted by atomic mass is 10.1. The van der Waals surface area contributed by atoms with Gasteiger partial charge in [0, 0.05) is 0 Å². The maximum Gasteiger partial charge on any atom is 0.320 e. The normalized spacial score (nSPS) is 12.4. The summed E-state index contributed by atoms with van der Waals surface area (Å²) < 4.78 is 0. The Morgan fingerprint density at radius 2 is 1.92 bits per heavy atom. The molecule has 0 saturated heterocycles. The largest absolute Gasteiger partial charge is 0.508 e. The van der Waals surface area contributed by atoms with E-state index in [0.29, 0.717) is 0 Å². The Balaban J connectivity index is 2.64. The van der Waals surface area contributed by atoms with Crippen molar-refractivity contribution in [2.75, 3.05) is 0 Å². The molecule has 13 heavy (non-hydrogen) atoms. The second-order valence-corrected chi connectivity index (χ2v) is 2.82. The van der Waals surface area contributed by atoms with Crippen LogP contribution in [0.25, 0.3) is 0 Å². The number of carbonyl (C=O) groups is 1. The third kappa shape index (κ3) is 2.76. The van der Waals surface area contributed by atoms with E-state index >= 15 is 0 Å². The molecule has 0 heterocycles. The summed E-state index contributed by atoms with van der Waals surface area (Å²) in [5.41, 5.74) is 6.12. The second kappa shape index (κ2) is 3.91. The van der Waals surface area contributed by atoms with Crippen LogP contribution in [0, 0.1) is 0 Å². The molecule has 0 saturated carbocycles. The third-order valence-corrected chi connectivity index (χ3v) is 1.71. The zero-order valence-electron chi connectivity index (χ0n) is 6.97. The first kappa shape index (κ1) is 9.54. The van der Waals surface area contributed by atoms with Crippen molar-refractivity contribution in [2.24, 2.45) is 5.73 Å². The van der Waals surface area contributed by atoms with Crippen molar-refractivity contribution >= 4 is 5.97 Å². The van der Waals surface area contributed by atoms with Crippen molar-refractivity contribution in [3.63, 3.8) is 0 Å². The number of carboxylic acid groups (broad SMARTS) is 1. The number of benzene rings is 1. The van der Waals surface area contributed by atoms with Gasteiger partial charge in [-0.1, -0.05) is 12.1 Å². The maximum atomic E-state index is 10.4. The number of nitrogens with two attached hydrogens (primary N) is 1. The molecule has 0 bridgehead atoms. The summed E-state index contributed by atoms with van der Waals surface area (Å²) in [6, 6.07) is 5.42. The molecule has 0 spiro atoms. The molecule has 1 rings (SSSR count). The minimum Gasteiger partial charge on any atom is -0.508 e. The first-order valence-electron chi connectivity index (χ1n) is 3.86. The summed E-state index contributed by atoms with van der Waals surface area (Å²) in [5, 5.41) is 17.5. The van der Waals surface area contributed by atoms with Crippen LogP contribution in [0.4, 0.5) is 0 Å². The number of aliphatic carboxylic acids is 1. The van der Waals surface area contributed by atoms with E-state index in [1.165, 1.54) is 12.1 Å². The van der Waals surface area contributed by atoms with E-state index in [0.717, 1.165) is 5.56 Å². The van der Waals surface area contributed by atoms with Crippen molar-refractivity contribution in [3.05, 3.63) is 29.8 Å². The van der Waals surface area contributed by atoms with E-state index in [-0.39, 0.29) is 12.2 Å². The molecule has 0 aromatic heterocycles. The molecule has 1 aromatic rings. The van der Waals surface area contributed by atoms with Gasteiger partial charge in [0.25, 0.3) is 0 Å². The number of phenols is 1. The average molecular weight is 182 g/mol. The van der Waals surface area contributed by atoms with Crippen LogP contribution in [0.1, 0.15) is 5.56 Å². The zero-order valence-corrected chi connectivity index (χ0v) is 6.97. The van der Waals surface area contributed by atoms with Gasteiger partial charge in [-0.05, 0) is 24.1 Å². The average Bonchev–Trinajstić information content (AvgIpc) is 2.08. The maximum absolute atomic E-state index is 10.4. The summed E-state index contributed by atoms with van der Waals surface area (Å²) in [7, 11) is 0. The number of rotatable bonds is 3. The predicted molar refractivity (Wildman–Crippen MR) is 47.4 cm³/mol. The van der Waals surface area contributed by atoms with Gasteiger partial charge in [0.2, 0.25) is 0 Å². The smallest absolute Gasteiger partial charge is 0.320 e. The van der Waals surface area contributed by atoms with Gasteiger partial charge < -0.3 is 15.9 Å². The van der Waals surface area contributed by atoms with Crippen molar-refractivity contribution in [1.29, 1.82) is 0 Å². The highest BCUT2D eigenvalue weighted by molar-refractivity contribution is 5.73. The summed E-state index contributed by atoms with van der Waals surface area (Å²) in [5.74, 6) is -0.860. The molecule has 1 unspecified atom stereocenters. The molecular weight excluding hydrogens is 171 g/mol. The molecule has 0 fully saturated rings. The Labute approximate surface area is 75.6 Å². The molecule has 0 radical (unpaired) electrons. The number of phenolic OH excluding ortho intramolecular Hbond substituents is 1. The monoisotopic (exact) mass is 182 g/mol. The zero-order chi connectivity index (χ0) is 9.84. The highest BCUT2D eigenvalue weighted by Gasteiger charge is 2.11. The van der Waals surface area contributed by atoms with E-state index in [9.17, 15) is 4.79 Å². The fourth-order valence-electron chi connectivity index (χ4n) is 0.973. The molecule has 1 atom stereocenters. The second-order valence-electron chi connectivity index (χ2n) is 2.82. The van der Waals surface area contributed by atoms with Gasteiger partial charge in [0.05, 0.1) is 0 Å². The van der Waals surface area contributed by atoms with Crippen LogP contribution in [0.2, 0.25) is 0 Å². The van der Waals surface area contributed by atoms with Gasteiger partial charge in [-0.15, -0.1) is 0 Å². The standard InChI is InChI=1S/C9H11NO3/c10-8(9(12)13)5-6-1-3-7(11)4-2-6/h1-4,8,11H,5,10H2,(H,12,13)/i3+1. The summed E-state index contributed by atoms with van der Waals surface area (Å²) >= 11 is 0. The number of hydrogen-bond donors (Lipinski definition) is 3. The molecule has 4 N–H and O–H groups in total. The highest BCUT2D eigenvalue weighted by atomic mass is 16.4. The van der Waals surface area contributed by atoms with Crippen molar-refractivity contribution < 1.29 is 15.0 Å². The van der Waals surface area contributed by atoms with E-state index in [4.69, 9.17) is 15.9 Å². The van der Waals surface area contributed by atoms with Gasteiger partial charge in [-0.3, -0.25) is 4.79 Å². The Kier molecular flexibility index (Phi) is 2.87. The predicted octanol–water partition coefficient (Wildman–Crippen LogP) is 0.347. The van der Waals surface area contributed by atoms with Crippen LogP contribution < -0.4 is 5.73 Å². The lowest BCUT2D eigenvalue weighted by molar-refractivity contribution is -0.138. The van der Waals surface area contributed by atoms with Crippen molar-refractivity contribution in [1.82, 2.24) is 0 Å². The lowest BCUT2D eigenvalue weighted by Gasteiger charge is -2.05. The van der Waals surface area contributed by atoms with Crippen LogP contribution >= 0.6 is 0 Å². The van der Waals surface area contributed by atoms with E-state index in [1.54, 1.807) is 12.1 Å². The van der Waals surface area contributed by atoms with Gasteiger partial charge in [-0.25, -0.2) is 0 Å². The minimum absolute atomic E-state index is 0.160. The fraction of sp³-hybridized carbons (Fsp3) is 0.222. The molecule has 4 nitrogen and oxygen atoms in total. The van der Waals surface area contributed by atoms with E-state index in [2.05, 4.69) is 0 Å². The van der Waals surface area contributed by atoms with Crippen LogP contribution in [0.5, 0.6) is 5.75 Å². The topological polar surface area (TPSA) is 83.5 Å². The summed E-state index contributed by atoms with van der Waals surface area (Å²) in [6.45, 7) is 0. The molecule has 0 aliphatic carbocycles. The van der Waals surface area contributed by atoms with Crippen LogP contribution in [0.15, 0.2) is 24.3 Å². The van der Waals surface area contributed by atoms with Gasteiger partial charge in [0.15, 0.2) is 0 Å². The first-order chi connectivity index (χ1) is 6.09. The Bertz CT molecular complexity index is 294. The van der Waals surface area contributed by atoms with Gasteiger partial charge in [0.1, 0.15) is 11.8 Å². The van der Waals surface area contributed by atoms with E-state index in [1.807, 2.05) is 0 Å². The molecule has 0 aliphatic heterocycles.